The number of nitrogens with one attached hydrogen (secondary N) is 1. The first-order valence-electron chi connectivity index (χ1n) is 8.08. The lowest BCUT2D eigenvalue weighted by Crippen LogP contribution is -2.21. The molecule has 2 N–H and O–H groups in total. The number of phenols is 1. The molecule has 1 amide bonds. The summed E-state index contributed by atoms with van der Waals surface area (Å²) in [6, 6.07) is 15.5. The van der Waals surface area contributed by atoms with Gasteiger partial charge in [0, 0.05) is 22.3 Å². The lowest BCUT2D eigenvalue weighted by Gasteiger charge is -2.19. The van der Waals surface area contributed by atoms with Crippen LogP contribution >= 0.6 is 11.6 Å². The van der Waals surface area contributed by atoms with E-state index in [1.54, 1.807) is 42.5 Å². The first-order chi connectivity index (χ1) is 13.0. The number of halogens is 1. The van der Waals surface area contributed by atoms with E-state index in [-0.39, 0.29) is 44.7 Å². The molecule has 27 heavy (non-hydrogen) atoms. The molecule has 132 valence electrons. The van der Waals surface area contributed by atoms with E-state index in [1.807, 2.05) is 0 Å². The van der Waals surface area contributed by atoms with E-state index in [9.17, 15) is 19.5 Å². The highest BCUT2D eigenvalue weighted by molar-refractivity contribution is 6.34. The fraction of sp³-hybridized carbons (Fsp3) is 0. The van der Waals surface area contributed by atoms with Crippen molar-refractivity contribution in [3.8, 4) is 5.75 Å². The van der Waals surface area contributed by atoms with Crippen molar-refractivity contribution in [2.24, 2.45) is 0 Å². The van der Waals surface area contributed by atoms with Gasteiger partial charge in [-0.2, -0.15) is 0 Å². The third-order valence-electron chi connectivity index (χ3n) is 4.41. The molecule has 0 bridgehead atoms. The standard InChI is InChI=1S/C21H12ClNO4/c22-16-8-4-3-7-13(16)21(27)23-17-9-14-15(10-18(17)24)20(26)12-6-2-1-5-11(12)19(14)25/h1-10,24H,(H,23,27). The molecule has 0 heterocycles. The number of ketones is 2. The van der Waals surface area contributed by atoms with Crippen molar-refractivity contribution in [3.63, 3.8) is 0 Å². The summed E-state index contributed by atoms with van der Waals surface area (Å²) < 4.78 is 0. The minimum Gasteiger partial charge on any atom is -0.506 e. The van der Waals surface area contributed by atoms with E-state index in [1.165, 1.54) is 18.2 Å². The third-order valence-corrected chi connectivity index (χ3v) is 4.74. The number of rotatable bonds is 2. The number of fused-ring (bicyclic) bond motifs is 2. The van der Waals surface area contributed by atoms with Crippen molar-refractivity contribution in [2.45, 2.75) is 0 Å². The summed E-state index contributed by atoms with van der Waals surface area (Å²) in [5.41, 5.74) is 1.08. The van der Waals surface area contributed by atoms with Crippen molar-refractivity contribution in [3.05, 3.63) is 93.5 Å². The number of aromatic hydroxyl groups is 1. The number of phenolic OH excluding ortho intramolecular Hbond substituents is 1. The van der Waals surface area contributed by atoms with Gasteiger partial charge in [0.1, 0.15) is 5.75 Å². The zero-order chi connectivity index (χ0) is 19.1. The first-order valence-corrected chi connectivity index (χ1v) is 8.46. The third kappa shape index (κ3) is 2.78. The summed E-state index contributed by atoms with van der Waals surface area (Å²) in [5, 5.41) is 13.1. The van der Waals surface area contributed by atoms with Crippen LogP contribution in [0.3, 0.4) is 0 Å². The Kier molecular flexibility index (Phi) is 4.01. The van der Waals surface area contributed by atoms with Gasteiger partial charge in [0.25, 0.3) is 5.91 Å². The maximum atomic E-state index is 12.8. The quantitative estimate of drug-likeness (QED) is 0.516. The molecular weight excluding hydrogens is 366 g/mol. The highest BCUT2D eigenvalue weighted by Crippen LogP contribution is 2.34. The Labute approximate surface area is 159 Å². The molecule has 0 radical (unpaired) electrons. The number of hydrogen-bond acceptors (Lipinski definition) is 4. The SMILES string of the molecule is O=C(Nc1cc2c(cc1O)C(=O)c1ccccc1C2=O)c1ccccc1Cl. The number of amides is 1. The van der Waals surface area contributed by atoms with Gasteiger partial charge in [0.05, 0.1) is 16.3 Å². The molecule has 3 aromatic carbocycles. The van der Waals surface area contributed by atoms with Crippen LogP contribution in [0, 0.1) is 0 Å². The molecule has 0 saturated heterocycles. The molecule has 6 heteroatoms. The van der Waals surface area contributed by atoms with Crippen LogP contribution in [-0.4, -0.2) is 22.6 Å². The predicted molar refractivity (Wildman–Crippen MR) is 101 cm³/mol. The Balaban J connectivity index is 1.76. The van der Waals surface area contributed by atoms with Crippen molar-refractivity contribution >= 4 is 34.8 Å². The first kappa shape index (κ1) is 17.0. The van der Waals surface area contributed by atoms with Crippen LogP contribution in [-0.2, 0) is 0 Å². The molecule has 0 unspecified atom stereocenters. The van der Waals surface area contributed by atoms with E-state index in [0.29, 0.717) is 11.1 Å². The van der Waals surface area contributed by atoms with Crippen LogP contribution < -0.4 is 5.32 Å². The molecule has 5 nitrogen and oxygen atoms in total. The highest BCUT2D eigenvalue weighted by atomic mass is 35.5. The number of anilines is 1. The number of hydrogen-bond donors (Lipinski definition) is 2. The fourth-order valence-corrected chi connectivity index (χ4v) is 3.29. The Morgan fingerprint density at radius 1 is 0.815 bits per heavy atom. The van der Waals surface area contributed by atoms with Gasteiger partial charge in [-0.05, 0) is 24.3 Å². The fourth-order valence-electron chi connectivity index (χ4n) is 3.07. The van der Waals surface area contributed by atoms with Gasteiger partial charge in [-0.15, -0.1) is 0 Å². The molecule has 0 aromatic heterocycles. The minimum atomic E-state index is -0.536. The summed E-state index contributed by atoms with van der Waals surface area (Å²) in [6.07, 6.45) is 0. The van der Waals surface area contributed by atoms with E-state index < -0.39 is 5.91 Å². The van der Waals surface area contributed by atoms with E-state index in [4.69, 9.17) is 11.6 Å². The Bertz CT molecular complexity index is 1140. The van der Waals surface area contributed by atoms with Crippen molar-refractivity contribution < 1.29 is 19.5 Å². The normalized spacial score (nSPS) is 12.3. The van der Waals surface area contributed by atoms with Gasteiger partial charge >= 0.3 is 0 Å². The summed E-state index contributed by atoms with van der Waals surface area (Å²) in [7, 11) is 0. The molecule has 0 spiro atoms. The lowest BCUT2D eigenvalue weighted by atomic mass is 9.83. The molecule has 1 aliphatic rings. The average Bonchev–Trinajstić information content (AvgIpc) is 2.67. The van der Waals surface area contributed by atoms with Crippen LogP contribution in [0.2, 0.25) is 5.02 Å². The molecule has 1 aliphatic carbocycles. The van der Waals surface area contributed by atoms with Gasteiger partial charge in [0.15, 0.2) is 11.6 Å². The van der Waals surface area contributed by atoms with Crippen LogP contribution in [0.4, 0.5) is 5.69 Å². The topological polar surface area (TPSA) is 83.5 Å². The largest absolute Gasteiger partial charge is 0.506 e. The second-order valence-corrected chi connectivity index (χ2v) is 6.46. The summed E-state index contributed by atoms with van der Waals surface area (Å²) in [6.45, 7) is 0. The van der Waals surface area contributed by atoms with E-state index >= 15 is 0 Å². The summed E-state index contributed by atoms with van der Waals surface area (Å²) in [5.74, 6) is -1.53. The Morgan fingerprint density at radius 3 is 2.00 bits per heavy atom. The highest BCUT2D eigenvalue weighted by Gasteiger charge is 2.30. The van der Waals surface area contributed by atoms with Crippen LogP contribution in [0.5, 0.6) is 5.75 Å². The molecule has 3 aromatic rings. The van der Waals surface area contributed by atoms with Gasteiger partial charge in [-0.1, -0.05) is 48.0 Å². The van der Waals surface area contributed by atoms with Crippen molar-refractivity contribution in [1.82, 2.24) is 0 Å². The van der Waals surface area contributed by atoms with Crippen molar-refractivity contribution in [1.29, 1.82) is 0 Å². The lowest BCUT2D eigenvalue weighted by molar-refractivity contribution is 0.0979. The van der Waals surface area contributed by atoms with E-state index in [2.05, 4.69) is 5.32 Å². The molecule has 0 aliphatic heterocycles. The van der Waals surface area contributed by atoms with Gasteiger partial charge < -0.3 is 10.4 Å². The molecule has 0 fully saturated rings. The zero-order valence-corrected chi connectivity index (χ0v) is 14.6. The Morgan fingerprint density at radius 2 is 1.37 bits per heavy atom. The predicted octanol–water partition coefficient (Wildman–Crippen LogP) is 4.07. The smallest absolute Gasteiger partial charge is 0.257 e. The Hall–Kier alpha value is -3.44. The minimum absolute atomic E-state index is 0.0270. The number of carbonyl (C=O) groups is 3. The second kappa shape index (κ2) is 6.37. The zero-order valence-electron chi connectivity index (χ0n) is 13.8. The van der Waals surface area contributed by atoms with Gasteiger partial charge in [-0.3, -0.25) is 14.4 Å². The van der Waals surface area contributed by atoms with Crippen LogP contribution in [0.1, 0.15) is 42.2 Å². The maximum Gasteiger partial charge on any atom is 0.257 e. The van der Waals surface area contributed by atoms with Crippen LogP contribution in [0.15, 0.2) is 60.7 Å². The molecular formula is C21H12ClNO4. The summed E-state index contributed by atoms with van der Waals surface area (Å²) in [4.78, 5) is 37.8. The van der Waals surface area contributed by atoms with Crippen LogP contribution in [0.25, 0.3) is 0 Å². The van der Waals surface area contributed by atoms with Gasteiger partial charge in [-0.25, -0.2) is 0 Å². The summed E-state index contributed by atoms with van der Waals surface area (Å²) >= 11 is 6.02. The van der Waals surface area contributed by atoms with Gasteiger partial charge in [0.2, 0.25) is 0 Å². The number of benzene rings is 3. The maximum absolute atomic E-state index is 12.8. The second-order valence-electron chi connectivity index (χ2n) is 6.05. The monoisotopic (exact) mass is 377 g/mol. The molecule has 0 atom stereocenters. The molecule has 0 saturated carbocycles. The van der Waals surface area contributed by atoms with E-state index in [0.717, 1.165) is 0 Å². The average molecular weight is 378 g/mol. The number of carbonyl (C=O) groups excluding carboxylic acids is 3. The molecule has 4 rings (SSSR count). The van der Waals surface area contributed by atoms with Crippen molar-refractivity contribution in [2.75, 3.05) is 5.32 Å².